The van der Waals surface area contributed by atoms with Gasteiger partial charge in [-0.15, -0.1) is 0 Å². The number of imide groups is 1. The molecule has 0 radical (unpaired) electrons. The number of hydrogen-bond acceptors (Lipinski definition) is 8. The van der Waals surface area contributed by atoms with Crippen molar-refractivity contribution in [2.24, 2.45) is 17.8 Å². The van der Waals surface area contributed by atoms with Crippen LogP contribution >= 0.6 is 22.6 Å². The minimum atomic E-state index is -1.06. The number of para-hydroxylation sites is 1. The Morgan fingerprint density at radius 3 is 2.50 bits per heavy atom. The van der Waals surface area contributed by atoms with E-state index in [0.717, 1.165) is 52.2 Å². The second-order valence-electron chi connectivity index (χ2n) is 13.6. The van der Waals surface area contributed by atoms with Crippen LogP contribution in [0.15, 0.2) is 102 Å². The first kappa shape index (κ1) is 35.9. The molecule has 2 amide bonds. The van der Waals surface area contributed by atoms with Gasteiger partial charge in [-0.05, 0) is 144 Å². The molecule has 52 heavy (non-hydrogen) atoms. The zero-order valence-corrected chi connectivity index (χ0v) is 31.3. The van der Waals surface area contributed by atoms with E-state index in [9.17, 15) is 19.7 Å². The summed E-state index contributed by atoms with van der Waals surface area (Å²) in [5.74, 6) is -1.26. The number of pyridine rings is 1. The number of methoxy groups -OCH3 is 1. The number of amides is 2. The molecule has 2 fully saturated rings. The van der Waals surface area contributed by atoms with E-state index in [2.05, 4.69) is 39.8 Å². The third kappa shape index (κ3) is 7.26. The molecule has 3 aromatic carbocycles. The Bertz CT molecular complexity index is 2010. The summed E-state index contributed by atoms with van der Waals surface area (Å²) < 4.78 is 12.4. The van der Waals surface area contributed by atoms with E-state index in [4.69, 9.17) is 9.39 Å². The number of allylic oxidation sites excluding steroid dienone is 2. The monoisotopic (exact) mass is 809 g/mol. The first-order valence-electron chi connectivity index (χ1n) is 17.8. The Kier molecular flexibility index (Phi) is 10.8. The maximum Gasteiger partial charge on any atom is 0.455 e. The van der Waals surface area contributed by atoms with Crippen LogP contribution in [0.25, 0.3) is 11.6 Å². The van der Waals surface area contributed by atoms with Crippen LogP contribution in [0.3, 0.4) is 0 Å². The number of aromatic nitrogens is 1. The zero-order chi connectivity index (χ0) is 36.4. The van der Waals surface area contributed by atoms with Crippen molar-refractivity contribution in [1.29, 1.82) is 0 Å². The lowest BCUT2D eigenvalue weighted by atomic mass is 9.58. The van der Waals surface area contributed by atoms with Gasteiger partial charge in [0.15, 0.2) is 11.5 Å². The molecule has 4 atom stereocenters. The van der Waals surface area contributed by atoms with E-state index in [0.29, 0.717) is 34.3 Å². The Balaban J connectivity index is 1.17. The number of hydrogen-bond donors (Lipinski definition) is 3. The molecule has 3 N–H and O–H groups in total. The fourth-order valence-corrected chi connectivity index (χ4v) is 8.71. The molecule has 0 bridgehead atoms. The highest BCUT2D eigenvalue weighted by atomic mass is 127. The van der Waals surface area contributed by atoms with Crippen LogP contribution in [-0.2, 0) is 14.2 Å². The van der Waals surface area contributed by atoms with Crippen molar-refractivity contribution >= 4 is 70.2 Å². The van der Waals surface area contributed by atoms with Crippen LogP contribution in [0.1, 0.15) is 50.3 Å². The number of phenols is 1. The van der Waals surface area contributed by atoms with Gasteiger partial charge in [-0.25, -0.2) is 0 Å². The van der Waals surface area contributed by atoms with Crippen LogP contribution in [0.4, 0.5) is 17.1 Å². The van der Waals surface area contributed by atoms with Crippen molar-refractivity contribution < 1.29 is 29.1 Å². The Morgan fingerprint density at radius 2 is 1.79 bits per heavy atom. The fraction of sp³-hybridized carbons (Fsp3) is 0.293. The molecule has 9 nitrogen and oxygen atoms in total. The molecule has 2 aliphatic heterocycles. The summed E-state index contributed by atoms with van der Waals surface area (Å²) in [4.78, 5) is 34.4. The number of rotatable bonds is 11. The van der Waals surface area contributed by atoms with Gasteiger partial charge in [0.1, 0.15) is 0 Å². The van der Waals surface area contributed by atoms with Crippen molar-refractivity contribution in [2.75, 3.05) is 17.3 Å². The number of anilines is 3. The maximum absolute atomic E-state index is 14.3. The second kappa shape index (κ2) is 15.7. The van der Waals surface area contributed by atoms with E-state index in [-0.39, 0.29) is 29.8 Å². The standard InChI is InChI=1S/C41H41BIN3O6/c1-3-9-27-23-31-38(41(49)46(40(31)48)30-16-14-29(15-17-30)45-28-10-5-4-6-11-28)32-24-42(50)52-35(37(27)32)18-13-26(34-12-7-8-19-44-34)20-25-21-33(43)39(47)36(22-25)51-2/h4-8,10-12,14-17,19-22,31-32,35,38,45,47,50H,3,9,13,18,23-24H2,1-2H3/b26-20-/t31-,32+,35-,38-/m1/s1. The number of aromatic hydroxyl groups is 1. The molecule has 7 rings (SSSR count). The highest BCUT2D eigenvalue weighted by Crippen LogP contribution is 2.52. The quantitative estimate of drug-likeness (QED) is 0.0600. The third-order valence-electron chi connectivity index (χ3n) is 10.3. The molecule has 3 aliphatic rings. The predicted octanol–water partition coefficient (Wildman–Crippen LogP) is 8.27. The van der Waals surface area contributed by atoms with Crippen LogP contribution < -0.4 is 15.0 Å². The number of fused-ring (bicyclic) bond motifs is 3. The number of ether oxygens (including phenoxy) is 1. The predicted molar refractivity (Wildman–Crippen MR) is 212 cm³/mol. The largest absolute Gasteiger partial charge is 0.504 e. The molecule has 0 unspecified atom stereocenters. The molecule has 11 heteroatoms. The first-order chi connectivity index (χ1) is 25.2. The third-order valence-corrected chi connectivity index (χ3v) is 11.2. The van der Waals surface area contributed by atoms with Gasteiger partial charge >= 0.3 is 7.12 Å². The molecule has 1 aliphatic carbocycles. The van der Waals surface area contributed by atoms with E-state index < -0.39 is 25.1 Å². The van der Waals surface area contributed by atoms with Crippen molar-refractivity contribution in [3.05, 3.63) is 117 Å². The van der Waals surface area contributed by atoms with Gasteiger partial charge in [0.05, 0.1) is 40.0 Å². The van der Waals surface area contributed by atoms with Crippen molar-refractivity contribution in [3.63, 3.8) is 0 Å². The Morgan fingerprint density at radius 1 is 1.04 bits per heavy atom. The lowest BCUT2D eigenvalue weighted by Crippen LogP contribution is -2.46. The number of nitrogens with zero attached hydrogens (tertiary/aromatic N) is 2. The van der Waals surface area contributed by atoms with E-state index in [1.54, 1.807) is 12.3 Å². The summed E-state index contributed by atoms with van der Waals surface area (Å²) in [7, 11) is 0.463. The van der Waals surface area contributed by atoms with Gasteiger partial charge in [0.25, 0.3) is 0 Å². The minimum absolute atomic E-state index is 0.0943. The first-order valence-corrected chi connectivity index (χ1v) is 18.9. The molecule has 0 spiro atoms. The van der Waals surface area contributed by atoms with E-state index in [1.807, 2.05) is 84.9 Å². The molecular weight excluding hydrogens is 768 g/mol. The van der Waals surface area contributed by atoms with Crippen molar-refractivity contribution in [1.82, 2.24) is 4.98 Å². The summed E-state index contributed by atoms with van der Waals surface area (Å²) >= 11 is 2.09. The smallest absolute Gasteiger partial charge is 0.455 e. The topological polar surface area (TPSA) is 121 Å². The average molecular weight is 810 g/mol. The lowest BCUT2D eigenvalue weighted by Gasteiger charge is -2.43. The van der Waals surface area contributed by atoms with Gasteiger partial charge in [0.2, 0.25) is 11.8 Å². The van der Waals surface area contributed by atoms with Gasteiger partial charge in [-0.3, -0.25) is 19.5 Å². The van der Waals surface area contributed by atoms with Gasteiger partial charge in [-0.1, -0.05) is 43.2 Å². The minimum Gasteiger partial charge on any atom is -0.504 e. The fourth-order valence-electron chi connectivity index (χ4n) is 8.09. The number of carbonyl (C=O) groups excluding carboxylic acids is 2. The molecule has 1 aromatic heterocycles. The number of phenolic OH excluding ortho intramolecular Hbond substituents is 1. The molecule has 3 heterocycles. The summed E-state index contributed by atoms with van der Waals surface area (Å²) in [5, 5.41) is 24.9. The zero-order valence-electron chi connectivity index (χ0n) is 29.2. The number of nitrogens with one attached hydrogen (secondary N) is 1. The van der Waals surface area contributed by atoms with E-state index in [1.165, 1.54) is 12.0 Å². The van der Waals surface area contributed by atoms with Crippen molar-refractivity contribution in [2.45, 2.75) is 51.5 Å². The normalized spacial score (nSPS) is 21.7. The van der Waals surface area contributed by atoms with Crippen molar-refractivity contribution in [3.8, 4) is 11.5 Å². The van der Waals surface area contributed by atoms with Crippen LogP contribution in [0.5, 0.6) is 11.5 Å². The van der Waals surface area contributed by atoms with Crippen LogP contribution in [0, 0.1) is 21.3 Å². The van der Waals surface area contributed by atoms with Gasteiger partial charge in [-0.2, -0.15) is 0 Å². The van der Waals surface area contributed by atoms with Crippen LogP contribution in [-0.4, -0.2) is 47.3 Å². The second-order valence-corrected chi connectivity index (χ2v) is 14.8. The maximum atomic E-state index is 14.3. The summed E-state index contributed by atoms with van der Waals surface area (Å²) in [6.45, 7) is 2.12. The molecule has 2 saturated heterocycles. The Hall–Kier alpha value is -4.46. The highest BCUT2D eigenvalue weighted by molar-refractivity contribution is 14.1. The molecular formula is C41H41BIN3O6. The summed E-state index contributed by atoms with van der Waals surface area (Å²) in [6, 6.07) is 26.7. The number of halogens is 1. The van der Waals surface area contributed by atoms with E-state index >= 15 is 0 Å². The molecule has 0 saturated carbocycles. The van der Waals surface area contributed by atoms with Gasteiger partial charge in [0, 0.05) is 17.6 Å². The lowest BCUT2D eigenvalue weighted by molar-refractivity contribution is -0.122. The number of benzene rings is 3. The summed E-state index contributed by atoms with van der Waals surface area (Å²) in [5.41, 5.74) is 7.21. The van der Waals surface area contributed by atoms with Gasteiger partial charge < -0.3 is 24.8 Å². The van der Waals surface area contributed by atoms with Crippen LogP contribution in [0.2, 0.25) is 6.32 Å². The average Bonchev–Trinajstić information content (AvgIpc) is 3.40. The number of carbonyl (C=O) groups is 2. The molecule has 266 valence electrons. The Labute approximate surface area is 318 Å². The summed E-state index contributed by atoms with van der Waals surface area (Å²) in [6.07, 6.45) is 6.93. The highest BCUT2D eigenvalue weighted by Gasteiger charge is 2.57. The SMILES string of the molecule is CCCC1=C2[C@@H](CC/C(=C/c3cc(I)c(O)c(OC)c3)c3ccccn3)OB(O)C[C@@H]2[C@@H]2C(=O)N(c3ccc(Nc4ccccc4)cc3)C(=O)[C@@H]2C1. The molecule has 4 aromatic rings.